The number of nitrogens with one attached hydrogen (secondary N) is 2. The molecule has 0 aliphatic carbocycles. The second kappa shape index (κ2) is 7.58. The quantitative estimate of drug-likeness (QED) is 0.622. The van der Waals surface area contributed by atoms with Gasteiger partial charge in [0.05, 0.1) is 11.8 Å². The largest absolute Gasteiger partial charge is 0.459 e. The van der Waals surface area contributed by atoms with Gasteiger partial charge >= 0.3 is 12.2 Å². The van der Waals surface area contributed by atoms with Gasteiger partial charge in [-0.1, -0.05) is 12.1 Å². The third-order valence-electron chi connectivity index (χ3n) is 4.66. The van der Waals surface area contributed by atoms with E-state index < -0.39 is 17.8 Å². The van der Waals surface area contributed by atoms with E-state index >= 15 is 0 Å². The SMILES string of the molecule is O=C(Nc1cccc(C(F)(F)F)c1)Nc1ccc2c(c1)N(C(=O)c1ccco1)CC2. The Labute approximate surface area is 169 Å². The molecule has 3 amide bonds. The van der Waals surface area contributed by atoms with Gasteiger partial charge in [-0.25, -0.2) is 4.79 Å². The van der Waals surface area contributed by atoms with E-state index in [2.05, 4.69) is 10.6 Å². The lowest BCUT2D eigenvalue weighted by atomic mass is 10.1. The summed E-state index contributed by atoms with van der Waals surface area (Å²) in [6, 6.07) is 12.0. The Morgan fingerprint density at radius 1 is 0.967 bits per heavy atom. The van der Waals surface area contributed by atoms with Crippen molar-refractivity contribution in [3.8, 4) is 0 Å². The van der Waals surface area contributed by atoms with E-state index in [-0.39, 0.29) is 17.4 Å². The van der Waals surface area contributed by atoms with Crippen molar-refractivity contribution >= 4 is 29.0 Å². The van der Waals surface area contributed by atoms with E-state index in [4.69, 9.17) is 4.42 Å². The number of amides is 3. The van der Waals surface area contributed by atoms with E-state index in [0.717, 1.165) is 17.7 Å². The van der Waals surface area contributed by atoms with Crippen molar-refractivity contribution in [3.05, 3.63) is 77.7 Å². The summed E-state index contributed by atoms with van der Waals surface area (Å²) < 4.78 is 43.6. The Hall–Kier alpha value is -3.75. The molecule has 3 aromatic rings. The number of hydrogen-bond donors (Lipinski definition) is 2. The zero-order valence-corrected chi connectivity index (χ0v) is 15.5. The van der Waals surface area contributed by atoms with Gasteiger partial charge in [0.2, 0.25) is 0 Å². The number of furan rings is 1. The molecule has 6 nitrogen and oxygen atoms in total. The third-order valence-corrected chi connectivity index (χ3v) is 4.66. The van der Waals surface area contributed by atoms with Crippen LogP contribution in [0.5, 0.6) is 0 Å². The van der Waals surface area contributed by atoms with Crippen LogP contribution in [-0.2, 0) is 12.6 Å². The minimum absolute atomic E-state index is 0.0121. The number of nitrogens with zero attached hydrogens (tertiary/aromatic N) is 1. The van der Waals surface area contributed by atoms with Gasteiger partial charge in [-0.15, -0.1) is 0 Å². The van der Waals surface area contributed by atoms with Crippen molar-refractivity contribution in [2.75, 3.05) is 22.1 Å². The van der Waals surface area contributed by atoms with E-state index in [0.29, 0.717) is 24.3 Å². The number of anilines is 3. The van der Waals surface area contributed by atoms with Crippen LogP contribution in [0.4, 0.5) is 35.0 Å². The lowest BCUT2D eigenvalue weighted by molar-refractivity contribution is -0.137. The Bertz CT molecular complexity index is 1090. The molecule has 1 aromatic heterocycles. The molecule has 1 aliphatic rings. The predicted molar refractivity (Wildman–Crippen MR) is 105 cm³/mol. The lowest BCUT2D eigenvalue weighted by Gasteiger charge is -2.17. The normalized spacial score (nSPS) is 13.1. The minimum atomic E-state index is -4.50. The highest BCUT2D eigenvalue weighted by molar-refractivity contribution is 6.06. The van der Waals surface area contributed by atoms with Gasteiger partial charge in [-0.05, 0) is 54.4 Å². The average molecular weight is 415 g/mol. The zero-order valence-electron chi connectivity index (χ0n) is 15.5. The van der Waals surface area contributed by atoms with Crippen molar-refractivity contribution in [1.82, 2.24) is 0 Å². The molecule has 2 aromatic carbocycles. The summed E-state index contributed by atoms with van der Waals surface area (Å²) in [7, 11) is 0. The standard InChI is InChI=1S/C21H16F3N3O3/c22-21(23,24)14-3-1-4-15(11-14)25-20(29)26-16-7-6-13-8-9-27(17(13)12-16)19(28)18-5-2-10-30-18/h1-7,10-12H,8-9H2,(H2,25,26,29). The van der Waals surface area contributed by atoms with Gasteiger partial charge in [-0.2, -0.15) is 13.2 Å². The summed E-state index contributed by atoms with van der Waals surface area (Å²) in [6.45, 7) is 0.481. The molecule has 0 fully saturated rings. The van der Waals surface area contributed by atoms with E-state index in [1.165, 1.54) is 18.4 Å². The molecular weight excluding hydrogens is 399 g/mol. The Kier molecular flexibility index (Phi) is 4.94. The van der Waals surface area contributed by atoms with Crippen LogP contribution in [0.15, 0.2) is 65.3 Å². The molecule has 0 saturated carbocycles. The van der Waals surface area contributed by atoms with Crippen molar-refractivity contribution in [2.45, 2.75) is 12.6 Å². The second-order valence-electron chi connectivity index (χ2n) is 6.69. The molecular formula is C21H16F3N3O3. The van der Waals surface area contributed by atoms with Crippen LogP contribution in [0.25, 0.3) is 0 Å². The second-order valence-corrected chi connectivity index (χ2v) is 6.69. The third kappa shape index (κ3) is 4.00. The van der Waals surface area contributed by atoms with Crippen LogP contribution in [0.1, 0.15) is 21.7 Å². The summed E-state index contributed by atoms with van der Waals surface area (Å²) >= 11 is 0. The van der Waals surface area contributed by atoms with Crippen molar-refractivity contribution in [2.24, 2.45) is 0 Å². The number of alkyl halides is 3. The van der Waals surface area contributed by atoms with Crippen LogP contribution < -0.4 is 15.5 Å². The Morgan fingerprint density at radius 3 is 2.43 bits per heavy atom. The average Bonchev–Trinajstić information content (AvgIpc) is 3.37. The van der Waals surface area contributed by atoms with E-state index in [9.17, 15) is 22.8 Å². The van der Waals surface area contributed by atoms with E-state index in [1.807, 2.05) is 0 Å². The summed E-state index contributed by atoms with van der Waals surface area (Å²) in [4.78, 5) is 26.4. The molecule has 9 heteroatoms. The molecule has 1 aliphatic heterocycles. The minimum Gasteiger partial charge on any atom is -0.459 e. The molecule has 0 saturated heterocycles. The predicted octanol–water partition coefficient (Wildman–Crippen LogP) is 5.15. The topological polar surface area (TPSA) is 74.6 Å². The molecule has 0 bridgehead atoms. The smallest absolute Gasteiger partial charge is 0.416 e. The highest BCUT2D eigenvalue weighted by Gasteiger charge is 2.30. The molecule has 2 heterocycles. The van der Waals surface area contributed by atoms with Crippen LogP contribution >= 0.6 is 0 Å². The van der Waals surface area contributed by atoms with Crippen molar-refractivity contribution in [3.63, 3.8) is 0 Å². The number of hydrogen-bond acceptors (Lipinski definition) is 3. The fourth-order valence-corrected chi connectivity index (χ4v) is 3.27. The van der Waals surface area contributed by atoms with E-state index in [1.54, 1.807) is 35.2 Å². The first-order chi connectivity index (χ1) is 14.3. The van der Waals surface area contributed by atoms with Gasteiger partial charge in [0.1, 0.15) is 0 Å². The monoisotopic (exact) mass is 415 g/mol. The highest BCUT2D eigenvalue weighted by Crippen LogP contribution is 2.33. The maximum atomic E-state index is 12.8. The highest BCUT2D eigenvalue weighted by atomic mass is 19.4. The molecule has 0 spiro atoms. The fourth-order valence-electron chi connectivity index (χ4n) is 3.27. The maximum Gasteiger partial charge on any atom is 0.416 e. The van der Waals surface area contributed by atoms with Crippen molar-refractivity contribution < 1.29 is 27.2 Å². The molecule has 4 rings (SSSR count). The molecule has 0 radical (unpaired) electrons. The number of fused-ring (bicyclic) bond motifs is 1. The summed E-state index contributed by atoms with van der Waals surface area (Å²) in [6.07, 6.45) is -2.42. The van der Waals surface area contributed by atoms with Gasteiger partial charge < -0.3 is 20.0 Å². The number of carbonyl (C=O) groups is 2. The molecule has 154 valence electrons. The van der Waals surface area contributed by atoms with Crippen molar-refractivity contribution in [1.29, 1.82) is 0 Å². The summed E-state index contributed by atoms with van der Waals surface area (Å²) in [5, 5.41) is 4.96. The van der Waals surface area contributed by atoms with Gasteiger partial charge in [0, 0.05) is 23.6 Å². The lowest BCUT2D eigenvalue weighted by Crippen LogP contribution is -2.28. The molecule has 0 unspecified atom stereocenters. The van der Waals surface area contributed by atoms with Gasteiger partial charge in [-0.3, -0.25) is 4.79 Å². The number of halogens is 3. The van der Waals surface area contributed by atoms with Crippen LogP contribution in [0.2, 0.25) is 0 Å². The first kappa shape index (κ1) is 19.6. The fraction of sp³-hybridized carbons (Fsp3) is 0.143. The first-order valence-electron chi connectivity index (χ1n) is 9.05. The summed E-state index contributed by atoms with van der Waals surface area (Å²) in [5.74, 6) is -0.0761. The maximum absolute atomic E-state index is 12.8. The van der Waals surface area contributed by atoms with Crippen LogP contribution in [0, 0.1) is 0 Å². The van der Waals surface area contributed by atoms with Crippen LogP contribution in [0.3, 0.4) is 0 Å². The number of benzene rings is 2. The summed E-state index contributed by atoms with van der Waals surface area (Å²) in [5.41, 5.74) is 1.15. The first-order valence-corrected chi connectivity index (χ1v) is 9.05. The number of urea groups is 1. The zero-order chi connectivity index (χ0) is 21.3. The van der Waals surface area contributed by atoms with Gasteiger partial charge in [0.15, 0.2) is 5.76 Å². The van der Waals surface area contributed by atoms with Gasteiger partial charge in [0.25, 0.3) is 5.91 Å². The molecule has 2 N–H and O–H groups in total. The Morgan fingerprint density at radius 2 is 1.73 bits per heavy atom. The molecule has 0 atom stereocenters. The Balaban J connectivity index is 1.48. The number of carbonyl (C=O) groups excluding carboxylic acids is 2. The van der Waals surface area contributed by atoms with Crippen LogP contribution in [-0.4, -0.2) is 18.5 Å². The molecule has 30 heavy (non-hydrogen) atoms. The number of rotatable bonds is 3.